The van der Waals surface area contributed by atoms with E-state index >= 15 is 0 Å². The molecule has 0 saturated carbocycles. The minimum absolute atomic E-state index is 0.302. The van der Waals surface area contributed by atoms with Crippen LogP contribution in [-0.4, -0.2) is 60.2 Å². The van der Waals surface area contributed by atoms with Gasteiger partial charge < -0.3 is 10.2 Å². The minimum Gasteiger partial charge on any atom is -0.338 e. The molecule has 1 aromatic rings. The molecule has 2 fully saturated rings. The molecular weight excluding hydrogens is 238 g/mol. The second-order valence-corrected chi connectivity index (χ2v) is 5.82. The normalized spacial score (nSPS) is 23.8. The van der Waals surface area contributed by atoms with Crippen molar-refractivity contribution in [1.29, 1.82) is 0 Å². The lowest BCUT2D eigenvalue weighted by Gasteiger charge is -2.51. The topological polar surface area (TPSA) is 44.3 Å². The first-order valence-electron chi connectivity index (χ1n) is 7.16. The van der Waals surface area contributed by atoms with Gasteiger partial charge in [-0.05, 0) is 46.0 Å². The largest absolute Gasteiger partial charge is 0.338 e. The molecule has 2 aliphatic rings. The van der Waals surface area contributed by atoms with Crippen LogP contribution in [0.1, 0.15) is 18.5 Å². The van der Waals surface area contributed by atoms with Crippen LogP contribution in [0.15, 0.2) is 12.3 Å². The summed E-state index contributed by atoms with van der Waals surface area (Å²) in [4.78, 5) is 13.9. The summed E-state index contributed by atoms with van der Waals surface area (Å²) < 4.78 is 0. The van der Waals surface area contributed by atoms with Gasteiger partial charge in [-0.2, -0.15) is 0 Å². The van der Waals surface area contributed by atoms with Crippen molar-refractivity contribution >= 4 is 5.95 Å². The lowest BCUT2D eigenvalue weighted by atomic mass is 9.84. The van der Waals surface area contributed by atoms with E-state index in [-0.39, 0.29) is 0 Å². The Labute approximate surface area is 115 Å². The molecule has 5 heteroatoms. The average molecular weight is 261 g/mol. The Morgan fingerprint density at radius 1 is 1.26 bits per heavy atom. The highest BCUT2D eigenvalue weighted by molar-refractivity contribution is 5.33. The molecule has 3 rings (SSSR count). The van der Waals surface area contributed by atoms with Crippen LogP contribution in [0.5, 0.6) is 0 Å². The minimum atomic E-state index is 0.302. The monoisotopic (exact) mass is 261 g/mol. The van der Waals surface area contributed by atoms with Gasteiger partial charge in [-0.3, -0.25) is 4.90 Å². The molecule has 0 bridgehead atoms. The van der Waals surface area contributed by atoms with Crippen LogP contribution < -0.4 is 10.2 Å². The molecule has 1 aromatic heterocycles. The predicted molar refractivity (Wildman–Crippen MR) is 76.4 cm³/mol. The molecule has 0 aliphatic carbocycles. The zero-order valence-corrected chi connectivity index (χ0v) is 11.9. The SMILES string of the molecule is Cc1ccnc(N2CCN(C)C3(CCNCC3)C2)n1. The highest BCUT2D eigenvalue weighted by atomic mass is 15.4. The van der Waals surface area contributed by atoms with Crippen molar-refractivity contribution in [2.24, 2.45) is 0 Å². The van der Waals surface area contributed by atoms with Crippen LogP contribution in [0.2, 0.25) is 0 Å². The number of anilines is 1. The molecule has 104 valence electrons. The van der Waals surface area contributed by atoms with E-state index in [1.807, 2.05) is 19.2 Å². The summed E-state index contributed by atoms with van der Waals surface area (Å²) in [6, 6.07) is 1.96. The number of likely N-dealkylation sites (N-methyl/N-ethyl adjacent to an activating group) is 1. The number of aromatic nitrogens is 2. The molecule has 0 radical (unpaired) electrons. The summed E-state index contributed by atoms with van der Waals surface area (Å²) in [5, 5.41) is 3.46. The Morgan fingerprint density at radius 2 is 2.05 bits per heavy atom. The van der Waals surface area contributed by atoms with Crippen molar-refractivity contribution in [1.82, 2.24) is 20.2 Å². The number of piperazine rings is 1. The molecule has 1 N–H and O–H groups in total. The Balaban J connectivity index is 1.81. The van der Waals surface area contributed by atoms with E-state index in [1.165, 1.54) is 12.8 Å². The van der Waals surface area contributed by atoms with Crippen LogP contribution in [0.25, 0.3) is 0 Å². The smallest absolute Gasteiger partial charge is 0.225 e. The van der Waals surface area contributed by atoms with Crippen molar-refractivity contribution in [3.8, 4) is 0 Å². The third kappa shape index (κ3) is 2.44. The second kappa shape index (κ2) is 5.06. The summed E-state index contributed by atoms with van der Waals surface area (Å²) >= 11 is 0. The van der Waals surface area contributed by atoms with Crippen LogP contribution >= 0.6 is 0 Å². The fourth-order valence-corrected chi connectivity index (χ4v) is 3.25. The number of hydrogen-bond donors (Lipinski definition) is 1. The van der Waals surface area contributed by atoms with Crippen LogP contribution in [0.3, 0.4) is 0 Å². The van der Waals surface area contributed by atoms with E-state index in [4.69, 9.17) is 0 Å². The van der Waals surface area contributed by atoms with E-state index in [9.17, 15) is 0 Å². The summed E-state index contributed by atoms with van der Waals surface area (Å²) in [7, 11) is 2.26. The van der Waals surface area contributed by atoms with E-state index in [0.717, 1.165) is 44.4 Å². The number of hydrogen-bond acceptors (Lipinski definition) is 5. The molecule has 1 spiro atoms. The zero-order chi connectivity index (χ0) is 13.3. The summed E-state index contributed by atoms with van der Waals surface area (Å²) in [5.74, 6) is 0.894. The van der Waals surface area contributed by atoms with E-state index in [0.29, 0.717) is 5.54 Å². The highest BCUT2D eigenvalue weighted by Gasteiger charge is 2.41. The Morgan fingerprint density at radius 3 is 2.79 bits per heavy atom. The number of nitrogens with one attached hydrogen (secondary N) is 1. The molecule has 5 nitrogen and oxygen atoms in total. The second-order valence-electron chi connectivity index (χ2n) is 5.82. The van der Waals surface area contributed by atoms with Crippen molar-refractivity contribution in [3.63, 3.8) is 0 Å². The number of rotatable bonds is 1. The molecule has 0 atom stereocenters. The van der Waals surface area contributed by atoms with Crippen molar-refractivity contribution in [3.05, 3.63) is 18.0 Å². The Bertz CT molecular complexity index is 441. The Hall–Kier alpha value is -1.20. The molecular formula is C14H23N5. The van der Waals surface area contributed by atoms with Gasteiger partial charge in [0, 0.05) is 37.1 Å². The lowest BCUT2D eigenvalue weighted by Crippen LogP contribution is -2.64. The molecule has 2 saturated heterocycles. The first kappa shape index (κ1) is 12.8. The third-order valence-corrected chi connectivity index (χ3v) is 4.60. The third-order valence-electron chi connectivity index (χ3n) is 4.60. The predicted octanol–water partition coefficient (Wildman–Crippen LogP) is 0.659. The van der Waals surface area contributed by atoms with Crippen LogP contribution in [0.4, 0.5) is 5.95 Å². The van der Waals surface area contributed by atoms with Crippen LogP contribution in [0, 0.1) is 6.92 Å². The Kier molecular flexibility index (Phi) is 3.41. The quantitative estimate of drug-likeness (QED) is 0.804. The maximum absolute atomic E-state index is 4.58. The van der Waals surface area contributed by atoms with E-state index < -0.39 is 0 Å². The molecule has 2 aliphatic heterocycles. The molecule has 0 unspecified atom stereocenters. The van der Waals surface area contributed by atoms with Gasteiger partial charge in [-0.25, -0.2) is 9.97 Å². The van der Waals surface area contributed by atoms with Gasteiger partial charge in [-0.1, -0.05) is 0 Å². The first-order valence-corrected chi connectivity index (χ1v) is 7.16. The van der Waals surface area contributed by atoms with Crippen LogP contribution in [-0.2, 0) is 0 Å². The molecule has 0 amide bonds. The fourth-order valence-electron chi connectivity index (χ4n) is 3.25. The number of piperidine rings is 1. The van der Waals surface area contributed by atoms with Crippen molar-refractivity contribution in [2.75, 3.05) is 44.7 Å². The van der Waals surface area contributed by atoms with Gasteiger partial charge >= 0.3 is 0 Å². The zero-order valence-electron chi connectivity index (χ0n) is 11.9. The maximum Gasteiger partial charge on any atom is 0.225 e. The van der Waals surface area contributed by atoms with Gasteiger partial charge in [0.05, 0.1) is 0 Å². The average Bonchev–Trinajstić information content (AvgIpc) is 2.43. The number of nitrogens with zero attached hydrogens (tertiary/aromatic N) is 4. The summed E-state index contributed by atoms with van der Waals surface area (Å²) in [5.41, 5.74) is 1.35. The van der Waals surface area contributed by atoms with Crippen molar-refractivity contribution < 1.29 is 0 Å². The molecule has 3 heterocycles. The maximum atomic E-state index is 4.58. The van der Waals surface area contributed by atoms with Gasteiger partial charge in [0.15, 0.2) is 0 Å². The van der Waals surface area contributed by atoms with Gasteiger partial charge in [0.1, 0.15) is 0 Å². The number of aryl methyl sites for hydroxylation is 1. The molecule has 19 heavy (non-hydrogen) atoms. The van der Waals surface area contributed by atoms with Gasteiger partial charge in [0.2, 0.25) is 5.95 Å². The van der Waals surface area contributed by atoms with Gasteiger partial charge in [-0.15, -0.1) is 0 Å². The van der Waals surface area contributed by atoms with Crippen molar-refractivity contribution in [2.45, 2.75) is 25.3 Å². The first-order chi connectivity index (χ1) is 9.20. The van der Waals surface area contributed by atoms with Gasteiger partial charge in [0.25, 0.3) is 0 Å². The molecule has 0 aromatic carbocycles. The summed E-state index contributed by atoms with van der Waals surface area (Å²) in [6.45, 7) is 7.43. The van der Waals surface area contributed by atoms with E-state index in [2.05, 4.69) is 32.1 Å². The summed E-state index contributed by atoms with van der Waals surface area (Å²) in [6.07, 6.45) is 4.29. The van der Waals surface area contributed by atoms with E-state index in [1.54, 1.807) is 0 Å². The fraction of sp³-hybridized carbons (Fsp3) is 0.714. The highest BCUT2D eigenvalue weighted by Crippen LogP contribution is 2.30. The standard InChI is InChI=1S/C14H23N5/c1-12-3-6-16-13(17-12)19-10-9-18(2)14(11-19)4-7-15-8-5-14/h3,6,15H,4-5,7-11H2,1-2H3. The lowest BCUT2D eigenvalue weighted by molar-refractivity contribution is 0.0693.